The van der Waals surface area contributed by atoms with E-state index in [-0.39, 0.29) is 25.6 Å². The zero-order valence-corrected chi connectivity index (χ0v) is 28.8. The van der Waals surface area contributed by atoms with Crippen LogP contribution in [0.3, 0.4) is 0 Å². The first kappa shape index (κ1) is 43.3. The Labute approximate surface area is 279 Å². The first-order valence-electron chi connectivity index (χ1n) is 17.7. The molecule has 0 saturated carbocycles. The first-order valence-corrected chi connectivity index (χ1v) is 17.7. The summed E-state index contributed by atoms with van der Waals surface area (Å²) in [6.07, 6.45) is 37.5. The van der Waals surface area contributed by atoms with Crippen LogP contribution in [0.25, 0.3) is 0 Å². The number of carbonyl (C=O) groups is 2. The number of allylic oxidation sites excluding steroid dienone is 8. The lowest BCUT2D eigenvalue weighted by atomic mass is 10.1. The minimum absolute atomic E-state index is 0.144. The van der Waals surface area contributed by atoms with Crippen molar-refractivity contribution in [3.8, 4) is 0 Å². The topological polar surface area (TPSA) is 113 Å². The smallest absolute Gasteiger partial charge is 0.306 e. The fraction of sp³-hybridized carbons (Fsp3) is 0.641. The van der Waals surface area contributed by atoms with Crippen LogP contribution in [0, 0.1) is 0 Å². The van der Waals surface area contributed by atoms with Crippen LogP contribution in [0.2, 0.25) is 0 Å². The lowest BCUT2D eigenvalue weighted by Crippen LogP contribution is -2.28. The van der Waals surface area contributed by atoms with E-state index in [9.17, 15) is 24.9 Å². The molecular formula is C39H64O7. The highest BCUT2D eigenvalue weighted by atomic mass is 16.6. The Morgan fingerprint density at radius 2 is 1.17 bits per heavy atom. The number of ether oxygens (including phenoxy) is 2. The Morgan fingerprint density at radius 1 is 0.630 bits per heavy atom. The largest absolute Gasteiger partial charge is 0.462 e. The van der Waals surface area contributed by atoms with Gasteiger partial charge in [-0.2, -0.15) is 0 Å². The molecule has 0 aromatic rings. The second kappa shape index (κ2) is 33.6. The van der Waals surface area contributed by atoms with Gasteiger partial charge in [0.25, 0.3) is 0 Å². The van der Waals surface area contributed by atoms with Crippen molar-refractivity contribution in [1.29, 1.82) is 0 Å². The summed E-state index contributed by atoms with van der Waals surface area (Å²) in [5.74, 6) is -0.766. The average molecular weight is 645 g/mol. The predicted octanol–water partition coefficient (Wildman–Crippen LogP) is 8.55. The van der Waals surface area contributed by atoms with Gasteiger partial charge < -0.3 is 24.8 Å². The van der Waals surface area contributed by atoms with Gasteiger partial charge in [0.15, 0.2) is 6.10 Å². The van der Waals surface area contributed by atoms with Crippen molar-refractivity contribution in [2.24, 2.45) is 0 Å². The zero-order chi connectivity index (χ0) is 33.9. The van der Waals surface area contributed by atoms with Crippen LogP contribution < -0.4 is 0 Å². The summed E-state index contributed by atoms with van der Waals surface area (Å²) in [5.41, 5.74) is 0. The van der Waals surface area contributed by atoms with Crippen molar-refractivity contribution < 1.29 is 34.4 Å². The summed E-state index contributed by atoms with van der Waals surface area (Å²) >= 11 is 0. The third-order valence-electron chi connectivity index (χ3n) is 7.19. The monoisotopic (exact) mass is 644 g/mol. The average Bonchev–Trinajstić information content (AvgIpc) is 3.04. The van der Waals surface area contributed by atoms with Crippen LogP contribution in [0.1, 0.15) is 129 Å². The molecule has 0 aliphatic heterocycles. The van der Waals surface area contributed by atoms with Crippen molar-refractivity contribution in [2.75, 3.05) is 13.2 Å². The van der Waals surface area contributed by atoms with E-state index in [2.05, 4.69) is 13.8 Å². The van der Waals surface area contributed by atoms with E-state index < -0.39 is 24.3 Å². The molecule has 0 rings (SSSR count). The van der Waals surface area contributed by atoms with Gasteiger partial charge in [0.2, 0.25) is 0 Å². The maximum Gasteiger partial charge on any atom is 0.306 e. The highest BCUT2D eigenvalue weighted by Gasteiger charge is 2.15. The lowest BCUT2D eigenvalue weighted by molar-refractivity contribution is -0.161. The Hall–Kier alpha value is -2.74. The van der Waals surface area contributed by atoms with Gasteiger partial charge in [0.1, 0.15) is 6.61 Å². The quantitative estimate of drug-likeness (QED) is 0.0311. The van der Waals surface area contributed by atoms with Gasteiger partial charge in [-0.05, 0) is 38.5 Å². The molecule has 7 nitrogen and oxygen atoms in total. The molecule has 0 saturated heterocycles. The van der Waals surface area contributed by atoms with Gasteiger partial charge >= 0.3 is 11.9 Å². The molecule has 262 valence electrons. The molecule has 0 aromatic carbocycles. The van der Waals surface area contributed by atoms with E-state index in [1.165, 1.54) is 51.4 Å². The summed E-state index contributed by atoms with van der Waals surface area (Å²) in [6, 6.07) is 0. The van der Waals surface area contributed by atoms with E-state index in [1.54, 1.807) is 24.3 Å². The summed E-state index contributed by atoms with van der Waals surface area (Å²) < 4.78 is 10.5. The van der Waals surface area contributed by atoms with Crippen LogP contribution in [0.4, 0.5) is 0 Å². The van der Waals surface area contributed by atoms with Gasteiger partial charge in [-0.15, -0.1) is 0 Å². The molecule has 0 aliphatic rings. The van der Waals surface area contributed by atoms with Gasteiger partial charge in [0.05, 0.1) is 18.8 Å². The second-order valence-corrected chi connectivity index (χ2v) is 11.6. The third kappa shape index (κ3) is 31.3. The molecule has 0 spiro atoms. The van der Waals surface area contributed by atoms with Crippen LogP contribution in [0.5, 0.6) is 0 Å². The molecule has 3 N–H and O–H groups in total. The number of aliphatic hydroxyl groups is 3. The Balaban J connectivity index is 3.90. The molecule has 46 heavy (non-hydrogen) atoms. The van der Waals surface area contributed by atoms with E-state index >= 15 is 0 Å². The number of aliphatic hydroxyl groups excluding tert-OH is 3. The number of rotatable bonds is 30. The van der Waals surface area contributed by atoms with Gasteiger partial charge in [0, 0.05) is 12.8 Å². The molecular weight excluding hydrogens is 580 g/mol. The maximum absolute atomic E-state index is 12.1. The first-order chi connectivity index (χ1) is 22.4. The highest BCUT2D eigenvalue weighted by molar-refractivity contribution is 5.70. The molecule has 7 heteroatoms. The number of esters is 2. The van der Waals surface area contributed by atoms with E-state index in [1.807, 2.05) is 48.6 Å². The van der Waals surface area contributed by atoms with Crippen molar-refractivity contribution in [3.63, 3.8) is 0 Å². The Bertz CT molecular complexity index is 900. The second-order valence-electron chi connectivity index (χ2n) is 11.6. The molecule has 0 radical (unpaired) electrons. The molecule has 3 atom stereocenters. The normalized spacial score (nSPS) is 14.5. The third-order valence-corrected chi connectivity index (χ3v) is 7.19. The zero-order valence-electron chi connectivity index (χ0n) is 28.8. The Morgan fingerprint density at radius 3 is 1.74 bits per heavy atom. The summed E-state index contributed by atoms with van der Waals surface area (Å²) in [5, 5.41) is 29.3. The maximum atomic E-state index is 12.1. The van der Waals surface area contributed by atoms with Crippen LogP contribution >= 0.6 is 0 Å². The van der Waals surface area contributed by atoms with Crippen molar-refractivity contribution in [1.82, 2.24) is 0 Å². The van der Waals surface area contributed by atoms with E-state index in [4.69, 9.17) is 9.47 Å². The molecule has 0 fully saturated rings. The predicted molar refractivity (Wildman–Crippen MR) is 189 cm³/mol. The Kier molecular flexibility index (Phi) is 31.6. The number of hydrogen-bond donors (Lipinski definition) is 3. The van der Waals surface area contributed by atoms with Crippen molar-refractivity contribution >= 4 is 11.9 Å². The number of hydrogen-bond acceptors (Lipinski definition) is 7. The number of unbranched alkanes of at least 4 members (excludes halogenated alkanes) is 10. The standard InChI is InChI=1S/C39H64O7/c1-3-5-7-8-9-10-11-12-13-18-26-32-39(44)46-37(33-40)34-45-38(43)31-25-17-15-14-16-22-28-36(42)30-24-20-19-23-29-35(41)27-21-6-4-2/h6,15-17,19-24,29-30,35-37,40-42H,3-5,7-14,18,25-28,31-34H2,1-2H3/b17-15-,20-19-,21-6-,22-16-,29-23+,30-24+/t35-,36+,37+/m1/s1. The molecule has 0 aliphatic carbocycles. The van der Waals surface area contributed by atoms with Crippen molar-refractivity contribution in [2.45, 2.75) is 148 Å². The molecule has 0 amide bonds. The van der Waals surface area contributed by atoms with Crippen LogP contribution in [-0.4, -0.2) is 58.8 Å². The SMILES string of the molecule is CC/C=C\C[C@@H](O)/C=C/C=C\C=C\[C@@H](O)C/C=C\C/C=C\CCC(=O)OC[C@H](CO)OC(=O)CCCCCCCCCCCCC. The van der Waals surface area contributed by atoms with Gasteiger partial charge in [-0.25, -0.2) is 0 Å². The molecule has 0 aromatic heterocycles. The van der Waals surface area contributed by atoms with Gasteiger partial charge in [-0.3, -0.25) is 9.59 Å². The van der Waals surface area contributed by atoms with E-state index in [0.717, 1.165) is 25.7 Å². The minimum atomic E-state index is -0.833. The van der Waals surface area contributed by atoms with Crippen LogP contribution in [0.15, 0.2) is 72.9 Å². The lowest BCUT2D eigenvalue weighted by Gasteiger charge is -2.15. The van der Waals surface area contributed by atoms with Gasteiger partial charge in [-0.1, -0.05) is 151 Å². The highest BCUT2D eigenvalue weighted by Crippen LogP contribution is 2.12. The molecule has 0 unspecified atom stereocenters. The molecule has 0 heterocycles. The van der Waals surface area contributed by atoms with Crippen LogP contribution in [-0.2, 0) is 19.1 Å². The van der Waals surface area contributed by atoms with Crippen molar-refractivity contribution in [3.05, 3.63) is 72.9 Å². The molecule has 0 bridgehead atoms. The fourth-order valence-electron chi connectivity index (χ4n) is 4.46. The summed E-state index contributed by atoms with van der Waals surface area (Å²) in [7, 11) is 0. The minimum Gasteiger partial charge on any atom is -0.462 e. The van der Waals surface area contributed by atoms with E-state index in [0.29, 0.717) is 32.1 Å². The number of carbonyl (C=O) groups excluding carboxylic acids is 2. The fourth-order valence-corrected chi connectivity index (χ4v) is 4.46. The summed E-state index contributed by atoms with van der Waals surface area (Å²) in [6.45, 7) is 3.76. The summed E-state index contributed by atoms with van der Waals surface area (Å²) in [4.78, 5) is 24.1.